The quantitative estimate of drug-likeness (QED) is 0.601. The Labute approximate surface area is 112 Å². The van der Waals surface area contributed by atoms with Crippen molar-refractivity contribution in [3.05, 3.63) is 31.2 Å². The number of benzene rings is 1. The van der Waals surface area contributed by atoms with Crippen LogP contribution in [0.15, 0.2) is 0 Å². The van der Waals surface area contributed by atoms with Gasteiger partial charge in [-0.15, -0.1) is 12.4 Å². The Kier molecular flexibility index (Phi) is 5.51. The second-order valence-electron chi connectivity index (χ2n) is 2.56. The molecule has 1 N–H and O–H groups in total. The topological polar surface area (TPSA) is 37.3 Å². The average Bonchev–Trinajstić information content (AvgIpc) is 2.11. The molecule has 0 heterocycles. The SMILES string of the molecule is Cc1c(Cl)c(Cl)c(Cl)c(Cl)c1C(=O)O.Cl. The molecule has 0 saturated heterocycles. The van der Waals surface area contributed by atoms with Crippen molar-refractivity contribution in [3.8, 4) is 0 Å². The number of aromatic carboxylic acids is 1. The molecule has 84 valence electrons. The van der Waals surface area contributed by atoms with Gasteiger partial charge >= 0.3 is 5.97 Å². The van der Waals surface area contributed by atoms with Crippen LogP contribution in [0.3, 0.4) is 0 Å². The van der Waals surface area contributed by atoms with Crippen molar-refractivity contribution in [2.75, 3.05) is 0 Å². The van der Waals surface area contributed by atoms with E-state index < -0.39 is 5.97 Å². The highest BCUT2D eigenvalue weighted by Gasteiger charge is 2.21. The summed E-state index contributed by atoms with van der Waals surface area (Å²) in [6, 6.07) is 0. The van der Waals surface area contributed by atoms with Crippen LogP contribution in [-0.2, 0) is 0 Å². The van der Waals surface area contributed by atoms with Gasteiger partial charge in [0.15, 0.2) is 0 Å². The average molecular weight is 310 g/mol. The summed E-state index contributed by atoms with van der Waals surface area (Å²) in [5, 5.41) is 8.89. The molecule has 0 bridgehead atoms. The molecule has 0 atom stereocenters. The lowest BCUT2D eigenvalue weighted by Crippen LogP contribution is -2.02. The van der Waals surface area contributed by atoms with Gasteiger partial charge in [-0.3, -0.25) is 0 Å². The molecule has 1 aromatic rings. The zero-order chi connectivity index (χ0) is 11.0. The van der Waals surface area contributed by atoms with E-state index in [-0.39, 0.29) is 38.1 Å². The molecule has 0 spiro atoms. The molecule has 0 radical (unpaired) electrons. The smallest absolute Gasteiger partial charge is 0.337 e. The molecule has 0 fully saturated rings. The van der Waals surface area contributed by atoms with E-state index in [1.54, 1.807) is 0 Å². The number of carboxylic acid groups (broad SMARTS) is 1. The Morgan fingerprint density at radius 3 is 1.80 bits per heavy atom. The fraction of sp³-hybridized carbons (Fsp3) is 0.125. The van der Waals surface area contributed by atoms with Crippen LogP contribution in [0.25, 0.3) is 0 Å². The largest absolute Gasteiger partial charge is 0.478 e. The lowest BCUT2D eigenvalue weighted by molar-refractivity contribution is 0.0696. The molecular weight excluding hydrogens is 305 g/mol. The van der Waals surface area contributed by atoms with Crippen molar-refractivity contribution in [2.24, 2.45) is 0 Å². The van der Waals surface area contributed by atoms with Gasteiger partial charge in [-0.25, -0.2) is 4.79 Å². The van der Waals surface area contributed by atoms with Crippen LogP contribution in [0.1, 0.15) is 15.9 Å². The molecule has 1 aromatic carbocycles. The first kappa shape index (κ1) is 15.1. The van der Waals surface area contributed by atoms with Crippen LogP contribution in [0.2, 0.25) is 20.1 Å². The van der Waals surface area contributed by atoms with Gasteiger partial charge in [0.25, 0.3) is 0 Å². The van der Waals surface area contributed by atoms with E-state index in [0.29, 0.717) is 5.56 Å². The van der Waals surface area contributed by atoms with E-state index in [1.165, 1.54) is 6.92 Å². The fourth-order valence-electron chi connectivity index (χ4n) is 0.996. The summed E-state index contributed by atoms with van der Waals surface area (Å²) in [5.41, 5.74) is 0.185. The maximum absolute atomic E-state index is 10.8. The minimum atomic E-state index is -1.19. The van der Waals surface area contributed by atoms with E-state index in [1.807, 2.05) is 0 Å². The monoisotopic (exact) mass is 308 g/mol. The number of hydrogen-bond donors (Lipinski definition) is 1. The summed E-state index contributed by atoms with van der Waals surface area (Å²) in [6.07, 6.45) is 0. The van der Waals surface area contributed by atoms with Crippen molar-refractivity contribution in [1.82, 2.24) is 0 Å². The van der Waals surface area contributed by atoms with Gasteiger partial charge in [-0.2, -0.15) is 0 Å². The maximum atomic E-state index is 10.8. The first-order chi connectivity index (χ1) is 6.37. The molecule has 7 heteroatoms. The Morgan fingerprint density at radius 2 is 1.40 bits per heavy atom. The number of hydrogen-bond acceptors (Lipinski definition) is 1. The molecule has 0 saturated carbocycles. The molecular formula is C8H5Cl5O2. The lowest BCUT2D eigenvalue weighted by Gasteiger charge is -2.09. The molecule has 0 amide bonds. The number of carboxylic acids is 1. The molecule has 0 unspecified atom stereocenters. The Balaban J connectivity index is 0.00000196. The highest BCUT2D eigenvalue weighted by molar-refractivity contribution is 6.53. The number of halogens is 5. The summed E-state index contributed by atoms with van der Waals surface area (Å²) < 4.78 is 0. The Morgan fingerprint density at radius 1 is 1.00 bits per heavy atom. The van der Waals surface area contributed by atoms with Crippen molar-refractivity contribution >= 4 is 64.8 Å². The molecule has 0 aromatic heterocycles. The highest BCUT2D eigenvalue weighted by Crippen LogP contribution is 2.40. The third-order valence-electron chi connectivity index (χ3n) is 1.72. The summed E-state index contributed by atoms with van der Waals surface area (Å²) in [5.74, 6) is -1.19. The zero-order valence-corrected chi connectivity index (χ0v) is 11.1. The second kappa shape index (κ2) is 5.46. The Hall–Kier alpha value is 0.140. The van der Waals surface area contributed by atoms with Gasteiger partial charge in [0.05, 0.1) is 25.7 Å². The minimum Gasteiger partial charge on any atom is -0.478 e. The van der Waals surface area contributed by atoms with Gasteiger partial charge in [0.1, 0.15) is 0 Å². The van der Waals surface area contributed by atoms with Crippen LogP contribution in [0.5, 0.6) is 0 Å². The molecule has 15 heavy (non-hydrogen) atoms. The summed E-state index contributed by atoms with van der Waals surface area (Å²) in [4.78, 5) is 10.8. The Bertz CT molecular complexity index is 387. The molecule has 0 aliphatic heterocycles. The third-order valence-corrected chi connectivity index (χ3v) is 3.61. The summed E-state index contributed by atoms with van der Waals surface area (Å²) in [7, 11) is 0. The van der Waals surface area contributed by atoms with Crippen LogP contribution in [0, 0.1) is 6.92 Å². The van der Waals surface area contributed by atoms with Gasteiger partial charge < -0.3 is 5.11 Å². The molecule has 1 rings (SSSR count). The van der Waals surface area contributed by atoms with Gasteiger partial charge in [0, 0.05) is 0 Å². The van der Waals surface area contributed by atoms with E-state index in [9.17, 15) is 4.79 Å². The summed E-state index contributed by atoms with van der Waals surface area (Å²) in [6.45, 7) is 1.51. The van der Waals surface area contributed by atoms with Crippen molar-refractivity contribution in [2.45, 2.75) is 6.92 Å². The second-order valence-corrected chi connectivity index (χ2v) is 4.07. The molecule has 2 nitrogen and oxygen atoms in total. The lowest BCUT2D eigenvalue weighted by atomic mass is 10.1. The van der Waals surface area contributed by atoms with Crippen LogP contribution < -0.4 is 0 Å². The molecule has 0 aliphatic rings. The maximum Gasteiger partial charge on any atom is 0.337 e. The van der Waals surface area contributed by atoms with Gasteiger partial charge in [-0.1, -0.05) is 46.4 Å². The highest BCUT2D eigenvalue weighted by atomic mass is 35.5. The van der Waals surface area contributed by atoms with E-state index in [4.69, 9.17) is 51.5 Å². The van der Waals surface area contributed by atoms with E-state index in [0.717, 1.165) is 0 Å². The van der Waals surface area contributed by atoms with Crippen LogP contribution >= 0.6 is 58.8 Å². The van der Waals surface area contributed by atoms with Crippen molar-refractivity contribution in [3.63, 3.8) is 0 Å². The normalized spacial score (nSPS) is 9.67. The number of rotatable bonds is 1. The van der Waals surface area contributed by atoms with Gasteiger partial charge in [-0.05, 0) is 12.5 Å². The van der Waals surface area contributed by atoms with Crippen molar-refractivity contribution < 1.29 is 9.90 Å². The third kappa shape index (κ3) is 2.63. The standard InChI is InChI=1S/C8H4Cl4O2.ClH/c1-2-3(8(13)14)5(10)7(12)6(11)4(2)9;/h1H3,(H,13,14);1H. The fourth-order valence-corrected chi connectivity index (χ4v) is 2.02. The van der Waals surface area contributed by atoms with Crippen LogP contribution in [0.4, 0.5) is 0 Å². The predicted octanol–water partition coefficient (Wildman–Crippen LogP) is 4.73. The zero-order valence-electron chi connectivity index (χ0n) is 7.28. The van der Waals surface area contributed by atoms with Crippen LogP contribution in [-0.4, -0.2) is 11.1 Å². The first-order valence-electron chi connectivity index (χ1n) is 3.43. The van der Waals surface area contributed by atoms with E-state index in [2.05, 4.69) is 0 Å². The predicted molar refractivity (Wildman–Crippen MR) is 65.4 cm³/mol. The van der Waals surface area contributed by atoms with Gasteiger partial charge in [0.2, 0.25) is 0 Å². The van der Waals surface area contributed by atoms with E-state index >= 15 is 0 Å². The first-order valence-corrected chi connectivity index (χ1v) is 4.95. The molecule has 0 aliphatic carbocycles. The minimum absolute atomic E-state index is 0. The number of carbonyl (C=O) groups is 1. The summed E-state index contributed by atoms with van der Waals surface area (Å²) >= 11 is 22.9. The van der Waals surface area contributed by atoms with Crippen molar-refractivity contribution in [1.29, 1.82) is 0 Å².